The summed E-state index contributed by atoms with van der Waals surface area (Å²) >= 11 is 0. The molecule has 3 rings (SSSR count). The van der Waals surface area contributed by atoms with Crippen molar-refractivity contribution in [1.29, 1.82) is 0 Å². The number of aromatic nitrogens is 1. The van der Waals surface area contributed by atoms with Crippen LogP contribution >= 0.6 is 0 Å². The average Bonchev–Trinajstić information content (AvgIpc) is 2.79. The molecule has 18 heavy (non-hydrogen) atoms. The minimum Gasteiger partial charge on any atom is -0.508 e. The third-order valence-electron chi connectivity index (χ3n) is 2.42. The standard InChI is InChI=1S/C11H7NO4.C2H6/c13-6-4-7(14)10-8(5-6)16-9-2-1-3-12(9)11(10)15;1-2/h1-5,13-14H;1-2H3. The van der Waals surface area contributed by atoms with Crippen molar-refractivity contribution in [3.8, 4) is 11.5 Å². The molecule has 0 amide bonds. The largest absolute Gasteiger partial charge is 0.508 e. The lowest BCUT2D eigenvalue weighted by Gasteiger charge is -2.02. The van der Waals surface area contributed by atoms with Gasteiger partial charge in [0.1, 0.15) is 22.5 Å². The molecule has 3 aromatic rings. The van der Waals surface area contributed by atoms with Crippen LogP contribution in [0.15, 0.2) is 39.7 Å². The lowest BCUT2D eigenvalue weighted by molar-refractivity contribution is 0.452. The van der Waals surface area contributed by atoms with Gasteiger partial charge in [-0.05, 0) is 6.07 Å². The van der Waals surface area contributed by atoms with Crippen LogP contribution in [-0.4, -0.2) is 14.6 Å². The first-order chi connectivity index (χ1) is 8.66. The molecule has 2 N–H and O–H groups in total. The number of phenols is 2. The molecule has 94 valence electrons. The molecule has 0 atom stereocenters. The van der Waals surface area contributed by atoms with E-state index in [4.69, 9.17) is 4.42 Å². The molecule has 5 nitrogen and oxygen atoms in total. The Hall–Kier alpha value is -2.43. The SMILES string of the molecule is CC.O=c1c2c(O)cc(O)cc2oc2cccn12. The number of hydrogen-bond donors (Lipinski definition) is 2. The van der Waals surface area contributed by atoms with Gasteiger partial charge in [-0.15, -0.1) is 0 Å². The summed E-state index contributed by atoms with van der Waals surface area (Å²) < 4.78 is 6.66. The average molecular weight is 247 g/mol. The fourth-order valence-electron chi connectivity index (χ4n) is 1.73. The summed E-state index contributed by atoms with van der Waals surface area (Å²) in [5, 5.41) is 18.9. The monoisotopic (exact) mass is 247 g/mol. The van der Waals surface area contributed by atoms with Crippen molar-refractivity contribution in [1.82, 2.24) is 4.40 Å². The first-order valence-electron chi connectivity index (χ1n) is 5.63. The number of fused-ring (bicyclic) bond motifs is 2. The van der Waals surface area contributed by atoms with Crippen LogP contribution in [0.25, 0.3) is 16.7 Å². The molecule has 0 spiro atoms. The van der Waals surface area contributed by atoms with Crippen molar-refractivity contribution in [3.05, 3.63) is 40.8 Å². The quantitative estimate of drug-likeness (QED) is 0.640. The molecule has 2 heterocycles. The van der Waals surface area contributed by atoms with E-state index in [0.29, 0.717) is 5.71 Å². The van der Waals surface area contributed by atoms with E-state index in [-0.39, 0.29) is 28.0 Å². The van der Waals surface area contributed by atoms with Crippen molar-refractivity contribution in [2.75, 3.05) is 0 Å². The molecule has 0 fully saturated rings. The zero-order valence-corrected chi connectivity index (χ0v) is 10.0. The first kappa shape index (κ1) is 12.0. The topological polar surface area (TPSA) is 75.1 Å². The van der Waals surface area contributed by atoms with E-state index in [9.17, 15) is 15.0 Å². The molecule has 0 aliphatic heterocycles. The second kappa shape index (κ2) is 4.44. The Morgan fingerprint density at radius 1 is 1.22 bits per heavy atom. The Balaban J connectivity index is 0.000000574. The van der Waals surface area contributed by atoms with E-state index in [2.05, 4.69) is 0 Å². The van der Waals surface area contributed by atoms with Crippen LogP contribution in [0.5, 0.6) is 11.5 Å². The van der Waals surface area contributed by atoms with Gasteiger partial charge < -0.3 is 14.6 Å². The second-order valence-corrected chi connectivity index (χ2v) is 3.46. The lowest BCUT2D eigenvalue weighted by atomic mass is 10.2. The summed E-state index contributed by atoms with van der Waals surface area (Å²) in [6.07, 6.45) is 1.55. The lowest BCUT2D eigenvalue weighted by Crippen LogP contribution is -2.11. The molecule has 2 aromatic heterocycles. The molecule has 0 bridgehead atoms. The van der Waals surface area contributed by atoms with Crippen LogP contribution in [0.1, 0.15) is 13.8 Å². The van der Waals surface area contributed by atoms with Crippen molar-refractivity contribution in [3.63, 3.8) is 0 Å². The minimum atomic E-state index is -0.376. The Kier molecular flexibility index (Phi) is 2.97. The summed E-state index contributed by atoms with van der Waals surface area (Å²) in [4.78, 5) is 11.9. The van der Waals surface area contributed by atoms with E-state index in [1.54, 1.807) is 18.3 Å². The molecular formula is C13H13NO4. The predicted molar refractivity (Wildman–Crippen MR) is 68.1 cm³/mol. The fraction of sp³-hybridized carbons (Fsp3) is 0.154. The van der Waals surface area contributed by atoms with Crippen LogP contribution in [0.2, 0.25) is 0 Å². The van der Waals surface area contributed by atoms with E-state index in [1.807, 2.05) is 13.8 Å². The summed E-state index contributed by atoms with van der Waals surface area (Å²) in [7, 11) is 0. The van der Waals surface area contributed by atoms with Crippen LogP contribution in [0.3, 0.4) is 0 Å². The maximum atomic E-state index is 11.9. The number of hydrogen-bond acceptors (Lipinski definition) is 4. The Labute approximate surface area is 103 Å². The predicted octanol–water partition coefficient (Wildman–Crippen LogP) is 2.48. The van der Waals surface area contributed by atoms with Gasteiger partial charge in [-0.25, -0.2) is 0 Å². The zero-order valence-electron chi connectivity index (χ0n) is 10.0. The second-order valence-electron chi connectivity index (χ2n) is 3.46. The van der Waals surface area contributed by atoms with Gasteiger partial charge in [-0.2, -0.15) is 0 Å². The highest BCUT2D eigenvalue weighted by Gasteiger charge is 2.11. The van der Waals surface area contributed by atoms with Gasteiger partial charge in [0.2, 0.25) is 5.71 Å². The molecule has 0 aliphatic rings. The number of nitrogens with zero attached hydrogens (tertiary/aromatic N) is 1. The Morgan fingerprint density at radius 2 is 1.94 bits per heavy atom. The summed E-state index contributed by atoms with van der Waals surface area (Å²) in [6, 6.07) is 5.69. The Morgan fingerprint density at radius 3 is 2.67 bits per heavy atom. The van der Waals surface area contributed by atoms with Gasteiger partial charge >= 0.3 is 0 Å². The van der Waals surface area contributed by atoms with Gasteiger partial charge in [0.05, 0.1) is 0 Å². The molecular weight excluding hydrogens is 234 g/mol. The normalized spacial score (nSPS) is 10.3. The third kappa shape index (κ3) is 1.69. The highest BCUT2D eigenvalue weighted by molar-refractivity contribution is 5.84. The van der Waals surface area contributed by atoms with Crippen LogP contribution in [-0.2, 0) is 0 Å². The van der Waals surface area contributed by atoms with Crippen LogP contribution in [0.4, 0.5) is 0 Å². The summed E-state index contributed by atoms with van der Waals surface area (Å²) in [6.45, 7) is 4.00. The molecule has 0 saturated carbocycles. The molecule has 0 unspecified atom stereocenters. The minimum absolute atomic E-state index is 0.0569. The van der Waals surface area contributed by atoms with E-state index < -0.39 is 0 Å². The maximum absolute atomic E-state index is 11.9. The maximum Gasteiger partial charge on any atom is 0.272 e. The van der Waals surface area contributed by atoms with Crippen molar-refractivity contribution in [2.45, 2.75) is 13.8 Å². The third-order valence-corrected chi connectivity index (χ3v) is 2.42. The van der Waals surface area contributed by atoms with Crippen molar-refractivity contribution >= 4 is 16.7 Å². The van der Waals surface area contributed by atoms with Gasteiger partial charge in [0.15, 0.2) is 0 Å². The number of rotatable bonds is 0. The zero-order chi connectivity index (χ0) is 13.3. The summed E-state index contributed by atoms with van der Waals surface area (Å²) in [5.41, 5.74) is 0.148. The van der Waals surface area contributed by atoms with E-state index in [1.165, 1.54) is 10.5 Å². The Bertz CT molecular complexity index is 755. The van der Waals surface area contributed by atoms with Gasteiger partial charge in [-0.1, -0.05) is 13.8 Å². The van der Waals surface area contributed by atoms with E-state index >= 15 is 0 Å². The molecule has 0 radical (unpaired) electrons. The van der Waals surface area contributed by atoms with Crippen LogP contribution in [0, 0.1) is 0 Å². The number of phenolic OH excluding ortho intramolecular Hbond substituents is 2. The van der Waals surface area contributed by atoms with Gasteiger partial charge in [0, 0.05) is 24.4 Å². The van der Waals surface area contributed by atoms with Crippen molar-refractivity contribution < 1.29 is 14.6 Å². The molecule has 0 saturated heterocycles. The fourth-order valence-corrected chi connectivity index (χ4v) is 1.73. The molecule has 0 aliphatic carbocycles. The van der Waals surface area contributed by atoms with E-state index in [0.717, 1.165) is 6.07 Å². The first-order valence-corrected chi connectivity index (χ1v) is 5.63. The smallest absolute Gasteiger partial charge is 0.272 e. The highest BCUT2D eigenvalue weighted by Crippen LogP contribution is 2.27. The molecule has 5 heteroatoms. The number of benzene rings is 1. The number of aromatic hydroxyl groups is 2. The summed E-state index contributed by atoms with van der Waals surface area (Å²) in [5.74, 6) is -0.441. The van der Waals surface area contributed by atoms with Gasteiger partial charge in [-0.3, -0.25) is 9.20 Å². The molecule has 1 aromatic carbocycles. The van der Waals surface area contributed by atoms with Gasteiger partial charge in [0.25, 0.3) is 5.56 Å². The highest BCUT2D eigenvalue weighted by atomic mass is 16.3. The van der Waals surface area contributed by atoms with Crippen LogP contribution < -0.4 is 5.56 Å². The van der Waals surface area contributed by atoms with Crippen molar-refractivity contribution in [2.24, 2.45) is 0 Å².